The van der Waals surface area contributed by atoms with Crippen LogP contribution in [0, 0.1) is 11.3 Å². The van der Waals surface area contributed by atoms with Gasteiger partial charge in [0, 0.05) is 81.4 Å². The second-order valence-corrected chi connectivity index (χ2v) is 10.9. The smallest absolute Gasteiger partial charge is 0.137 e. The minimum absolute atomic E-state index is 0.494. The maximum absolute atomic E-state index is 4.80. The number of hydrogen-bond donors (Lipinski definition) is 2. The third-order valence-electron chi connectivity index (χ3n) is 7.97. The predicted molar refractivity (Wildman–Crippen MR) is 143 cm³/mol. The molecule has 0 amide bonds. The molecule has 0 radical (unpaired) electrons. The summed E-state index contributed by atoms with van der Waals surface area (Å²) in [5.41, 5.74) is 8.44. The number of hydrogen-bond acceptors (Lipinski definition) is 5. The maximum atomic E-state index is 4.80. The molecule has 3 aromatic rings. The Balaban J connectivity index is 1.03. The lowest BCUT2D eigenvalue weighted by atomic mass is 9.74. The predicted octanol–water partition coefficient (Wildman–Crippen LogP) is 3.46. The average Bonchev–Trinajstić information content (AvgIpc) is 3.24. The number of imidazole rings is 1. The zero-order valence-corrected chi connectivity index (χ0v) is 20.8. The lowest BCUT2D eigenvalue weighted by Crippen LogP contribution is -2.70. The highest BCUT2D eigenvalue weighted by Gasteiger charge is 2.47. The van der Waals surface area contributed by atoms with Crippen LogP contribution >= 0.6 is 0 Å². The van der Waals surface area contributed by atoms with Crippen LogP contribution in [-0.4, -0.2) is 65.0 Å². The summed E-state index contributed by atoms with van der Waals surface area (Å²) in [5.74, 6) is 0.523. The Morgan fingerprint density at radius 1 is 1.11 bits per heavy atom. The third-order valence-corrected chi connectivity index (χ3v) is 7.97. The SMILES string of the molecule is C=C(NCC(C)CN1CCc2ccccc2C1)c1cn2cc(C(=C)N3CC4(CNC4)C3)ccc2n1. The molecule has 5 heterocycles. The lowest BCUT2D eigenvalue weighted by molar-refractivity contribution is 0.000244. The van der Waals surface area contributed by atoms with Crippen molar-refractivity contribution in [1.82, 2.24) is 29.8 Å². The van der Waals surface area contributed by atoms with Gasteiger partial charge in [-0.15, -0.1) is 0 Å². The summed E-state index contributed by atoms with van der Waals surface area (Å²) in [6.07, 6.45) is 5.36. The molecule has 3 aliphatic heterocycles. The van der Waals surface area contributed by atoms with E-state index in [0.29, 0.717) is 11.3 Å². The van der Waals surface area contributed by atoms with E-state index in [1.54, 1.807) is 0 Å². The first-order chi connectivity index (χ1) is 17.0. The van der Waals surface area contributed by atoms with Gasteiger partial charge in [0.1, 0.15) is 11.3 Å². The number of pyridine rings is 1. The molecule has 2 aromatic heterocycles. The molecule has 182 valence electrons. The van der Waals surface area contributed by atoms with E-state index in [9.17, 15) is 0 Å². The number of likely N-dealkylation sites (tertiary alicyclic amines) is 1. The summed E-state index contributed by atoms with van der Waals surface area (Å²) in [7, 11) is 0. The van der Waals surface area contributed by atoms with Crippen molar-refractivity contribution >= 4 is 17.0 Å². The van der Waals surface area contributed by atoms with Crippen LogP contribution in [0.15, 0.2) is 61.9 Å². The van der Waals surface area contributed by atoms with Crippen LogP contribution in [0.4, 0.5) is 0 Å². The van der Waals surface area contributed by atoms with Gasteiger partial charge >= 0.3 is 0 Å². The highest BCUT2D eigenvalue weighted by molar-refractivity contribution is 5.66. The Bertz CT molecular complexity index is 1260. The molecule has 2 saturated heterocycles. The summed E-state index contributed by atoms with van der Waals surface area (Å²) in [4.78, 5) is 9.75. The largest absolute Gasteiger partial charge is 0.383 e. The van der Waals surface area contributed by atoms with Crippen LogP contribution in [0.25, 0.3) is 17.0 Å². The Morgan fingerprint density at radius 3 is 2.69 bits per heavy atom. The van der Waals surface area contributed by atoms with Gasteiger partial charge in [0.2, 0.25) is 0 Å². The van der Waals surface area contributed by atoms with E-state index < -0.39 is 0 Å². The molecule has 3 aliphatic rings. The molecule has 6 rings (SSSR count). The van der Waals surface area contributed by atoms with E-state index in [4.69, 9.17) is 4.98 Å². The number of nitrogens with zero attached hydrogens (tertiary/aromatic N) is 4. The van der Waals surface area contributed by atoms with E-state index in [1.165, 1.54) is 11.1 Å². The molecule has 0 saturated carbocycles. The van der Waals surface area contributed by atoms with E-state index in [1.807, 2.05) is 0 Å². The summed E-state index contributed by atoms with van der Waals surface area (Å²) >= 11 is 0. The van der Waals surface area contributed by atoms with Crippen LogP contribution in [0.3, 0.4) is 0 Å². The van der Waals surface area contributed by atoms with Crippen molar-refractivity contribution in [3.05, 3.63) is 84.3 Å². The molecule has 0 bridgehead atoms. The van der Waals surface area contributed by atoms with Gasteiger partial charge in [0.25, 0.3) is 0 Å². The fourth-order valence-corrected chi connectivity index (χ4v) is 5.75. The summed E-state index contributed by atoms with van der Waals surface area (Å²) < 4.78 is 2.10. The van der Waals surface area contributed by atoms with E-state index in [2.05, 4.69) is 93.7 Å². The Morgan fingerprint density at radius 2 is 1.91 bits per heavy atom. The minimum atomic E-state index is 0.494. The van der Waals surface area contributed by atoms with Gasteiger partial charge in [-0.3, -0.25) is 4.90 Å². The summed E-state index contributed by atoms with van der Waals surface area (Å²) in [6, 6.07) is 13.0. The van der Waals surface area contributed by atoms with Gasteiger partial charge in [-0.25, -0.2) is 4.98 Å². The highest BCUT2D eigenvalue weighted by atomic mass is 15.3. The van der Waals surface area contributed by atoms with E-state index in [-0.39, 0.29) is 0 Å². The molecule has 2 N–H and O–H groups in total. The van der Waals surface area contributed by atoms with Gasteiger partial charge in [-0.2, -0.15) is 0 Å². The minimum Gasteiger partial charge on any atom is -0.383 e. The van der Waals surface area contributed by atoms with Gasteiger partial charge in [0.05, 0.1) is 5.70 Å². The van der Waals surface area contributed by atoms with Gasteiger partial charge in [-0.05, 0) is 35.6 Å². The molecule has 1 atom stereocenters. The topological polar surface area (TPSA) is 47.8 Å². The highest BCUT2D eigenvalue weighted by Crippen LogP contribution is 2.38. The summed E-state index contributed by atoms with van der Waals surface area (Å²) in [6.45, 7) is 19.6. The summed E-state index contributed by atoms with van der Waals surface area (Å²) in [5, 5.41) is 6.93. The normalized spacial score (nSPS) is 19.6. The van der Waals surface area contributed by atoms with Crippen molar-refractivity contribution in [2.24, 2.45) is 11.3 Å². The monoisotopic (exact) mass is 468 g/mol. The third kappa shape index (κ3) is 4.37. The van der Waals surface area contributed by atoms with Gasteiger partial charge in [0.15, 0.2) is 0 Å². The molecule has 6 nitrogen and oxygen atoms in total. The Kier molecular flexibility index (Phi) is 5.66. The number of benzene rings is 1. The fraction of sp³-hybridized carbons (Fsp3) is 0.414. The van der Waals surface area contributed by atoms with E-state index in [0.717, 1.165) is 87.1 Å². The Hall–Kier alpha value is -3.09. The standard InChI is InChI=1S/C29H36N6/c1-21(13-33-11-10-24-6-4-5-7-26(24)14-33)12-31-22(2)27-16-34-15-25(8-9-28(34)32-27)23(3)35-19-29(20-35)17-30-18-29/h4-9,15-16,21,30-31H,2-3,10-14,17-20H2,1H3. The molecular weight excluding hydrogens is 432 g/mol. The first kappa shape index (κ1) is 22.4. The van der Waals surface area contributed by atoms with Gasteiger partial charge < -0.3 is 19.9 Å². The maximum Gasteiger partial charge on any atom is 0.137 e. The first-order valence-corrected chi connectivity index (χ1v) is 12.8. The molecule has 6 heteroatoms. The number of fused-ring (bicyclic) bond motifs is 2. The molecule has 2 fully saturated rings. The number of aromatic nitrogens is 2. The first-order valence-electron chi connectivity index (χ1n) is 12.8. The molecule has 35 heavy (non-hydrogen) atoms. The van der Waals surface area contributed by atoms with Gasteiger partial charge in [-0.1, -0.05) is 44.3 Å². The average molecular weight is 469 g/mol. The van der Waals surface area contributed by atoms with Crippen molar-refractivity contribution in [2.75, 3.05) is 45.8 Å². The lowest BCUT2D eigenvalue weighted by Gasteiger charge is -2.57. The van der Waals surface area contributed by atoms with Crippen molar-refractivity contribution in [1.29, 1.82) is 0 Å². The van der Waals surface area contributed by atoms with Crippen molar-refractivity contribution in [2.45, 2.75) is 19.9 Å². The molecule has 1 aromatic carbocycles. The number of rotatable bonds is 8. The fourth-order valence-electron chi connectivity index (χ4n) is 5.75. The zero-order valence-electron chi connectivity index (χ0n) is 20.8. The molecular formula is C29H36N6. The van der Waals surface area contributed by atoms with Crippen LogP contribution in [0.1, 0.15) is 29.3 Å². The second-order valence-electron chi connectivity index (χ2n) is 10.9. The number of nitrogens with one attached hydrogen (secondary N) is 2. The van der Waals surface area contributed by atoms with Crippen LogP contribution < -0.4 is 10.6 Å². The quantitative estimate of drug-likeness (QED) is 0.530. The molecule has 0 aliphatic carbocycles. The van der Waals surface area contributed by atoms with Crippen LogP contribution in [0.5, 0.6) is 0 Å². The second kappa shape index (κ2) is 8.85. The van der Waals surface area contributed by atoms with Crippen molar-refractivity contribution in [3.63, 3.8) is 0 Å². The van der Waals surface area contributed by atoms with Crippen LogP contribution in [-0.2, 0) is 13.0 Å². The zero-order chi connectivity index (χ0) is 24.0. The Labute approximate surface area is 208 Å². The van der Waals surface area contributed by atoms with Crippen molar-refractivity contribution in [3.8, 4) is 0 Å². The van der Waals surface area contributed by atoms with E-state index >= 15 is 0 Å². The van der Waals surface area contributed by atoms with Crippen LogP contribution in [0.2, 0.25) is 0 Å². The molecule has 1 spiro atoms. The molecule has 1 unspecified atom stereocenters. The van der Waals surface area contributed by atoms with Crippen molar-refractivity contribution < 1.29 is 0 Å².